The van der Waals surface area contributed by atoms with Crippen molar-refractivity contribution in [3.05, 3.63) is 188 Å². The molecule has 0 spiro atoms. The van der Waals surface area contributed by atoms with E-state index in [0.717, 1.165) is 11.4 Å². The Morgan fingerprint density at radius 3 is 1.10 bits per heavy atom. The predicted molar refractivity (Wildman–Crippen MR) is 216 cm³/mol. The largest absolute Gasteiger partial charge is 0.311 e. The van der Waals surface area contributed by atoms with Crippen LogP contribution < -0.4 is 26.2 Å². The molecule has 3 aliphatic heterocycles. The minimum atomic E-state index is 0.0723. The standard InChI is InChI=1S/C48H31BN2/c1-3-14-32(15-4-1)34-18-9-20-36(30-34)50-42-26-11-24-40-38-22-7-8-23-39(38)41-25-12-27-43-47(41)49(46(40)42)48-44(50)28-13-29-45(48)51(43)37-21-10-19-35(31-37)33-16-5-2-6-17-33/h1-31H. The van der Waals surface area contributed by atoms with Crippen LogP contribution in [0.4, 0.5) is 34.1 Å². The molecule has 3 aliphatic rings. The van der Waals surface area contributed by atoms with Crippen LogP contribution in [0.1, 0.15) is 0 Å². The summed E-state index contributed by atoms with van der Waals surface area (Å²) in [6, 6.07) is 69.2. The summed E-state index contributed by atoms with van der Waals surface area (Å²) in [6.07, 6.45) is 0. The fourth-order valence-corrected chi connectivity index (χ4v) is 8.91. The summed E-state index contributed by atoms with van der Waals surface area (Å²) >= 11 is 0. The lowest BCUT2D eigenvalue weighted by Crippen LogP contribution is -2.61. The van der Waals surface area contributed by atoms with Gasteiger partial charge in [0.2, 0.25) is 0 Å². The van der Waals surface area contributed by atoms with E-state index in [0.29, 0.717) is 0 Å². The molecule has 0 atom stereocenters. The summed E-state index contributed by atoms with van der Waals surface area (Å²) in [6.45, 7) is 0.0723. The zero-order valence-corrected chi connectivity index (χ0v) is 27.9. The summed E-state index contributed by atoms with van der Waals surface area (Å²) < 4.78 is 0. The minimum Gasteiger partial charge on any atom is -0.311 e. The molecule has 8 aromatic carbocycles. The lowest BCUT2D eigenvalue weighted by Gasteiger charge is -2.44. The zero-order valence-electron chi connectivity index (χ0n) is 27.9. The van der Waals surface area contributed by atoms with Crippen molar-refractivity contribution in [1.29, 1.82) is 0 Å². The SMILES string of the molecule is c1ccc(-c2cccc(N3c4cccc5c4B4c6c(cccc6N(c6cccc(-c7ccccc7)c6)c6cccc3c64)-c3ccccc3-5)c2)cc1. The molecule has 11 rings (SSSR count). The summed E-state index contributed by atoms with van der Waals surface area (Å²) in [5, 5.41) is 0. The molecule has 0 aromatic heterocycles. The highest BCUT2D eigenvalue weighted by atomic mass is 15.2. The molecular weight excluding hydrogens is 615 g/mol. The molecule has 236 valence electrons. The normalized spacial score (nSPS) is 13.0. The molecule has 51 heavy (non-hydrogen) atoms. The van der Waals surface area contributed by atoms with Crippen molar-refractivity contribution in [1.82, 2.24) is 0 Å². The third-order valence-corrected chi connectivity index (χ3v) is 11.0. The molecule has 0 saturated carbocycles. The van der Waals surface area contributed by atoms with Gasteiger partial charge in [-0.25, -0.2) is 0 Å². The Kier molecular flexibility index (Phi) is 6.08. The van der Waals surface area contributed by atoms with Crippen molar-refractivity contribution in [3.8, 4) is 44.5 Å². The number of benzene rings is 8. The van der Waals surface area contributed by atoms with Crippen molar-refractivity contribution in [2.45, 2.75) is 0 Å². The van der Waals surface area contributed by atoms with Gasteiger partial charge in [-0.2, -0.15) is 0 Å². The molecule has 2 nitrogen and oxygen atoms in total. The maximum atomic E-state index is 2.51. The van der Waals surface area contributed by atoms with Gasteiger partial charge >= 0.3 is 0 Å². The fourth-order valence-electron chi connectivity index (χ4n) is 8.91. The number of fused-ring (bicyclic) bond motifs is 3. The van der Waals surface area contributed by atoms with Crippen LogP contribution in [0.3, 0.4) is 0 Å². The van der Waals surface area contributed by atoms with E-state index in [2.05, 4.69) is 198 Å². The van der Waals surface area contributed by atoms with Crippen molar-refractivity contribution < 1.29 is 0 Å². The molecule has 0 aliphatic carbocycles. The van der Waals surface area contributed by atoms with Gasteiger partial charge in [-0.05, 0) is 109 Å². The van der Waals surface area contributed by atoms with Crippen LogP contribution >= 0.6 is 0 Å². The number of nitrogens with zero attached hydrogens (tertiary/aromatic N) is 2. The minimum absolute atomic E-state index is 0.0723. The van der Waals surface area contributed by atoms with Crippen LogP contribution in [0.25, 0.3) is 44.5 Å². The highest BCUT2D eigenvalue weighted by Gasteiger charge is 2.46. The van der Waals surface area contributed by atoms with Crippen LogP contribution in [0.15, 0.2) is 188 Å². The highest BCUT2D eigenvalue weighted by molar-refractivity contribution is 7.02. The second kappa shape index (κ2) is 11.0. The first-order valence-corrected chi connectivity index (χ1v) is 17.7. The molecular formula is C48H31BN2. The Labute approximate surface area is 298 Å². The number of hydrogen-bond donors (Lipinski definition) is 0. The van der Waals surface area contributed by atoms with Gasteiger partial charge in [0.05, 0.1) is 0 Å². The van der Waals surface area contributed by atoms with E-state index in [4.69, 9.17) is 0 Å². The van der Waals surface area contributed by atoms with E-state index in [9.17, 15) is 0 Å². The summed E-state index contributed by atoms with van der Waals surface area (Å²) in [5.41, 5.74) is 21.4. The van der Waals surface area contributed by atoms with Gasteiger partial charge in [0.25, 0.3) is 6.71 Å². The molecule has 3 heteroatoms. The van der Waals surface area contributed by atoms with E-state index in [1.54, 1.807) is 0 Å². The Morgan fingerprint density at radius 2 is 0.627 bits per heavy atom. The first kappa shape index (κ1) is 28.3. The van der Waals surface area contributed by atoms with Crippen molar-refractivity contribution in [2.24, 2.45) is 0 Å². The van der Waals surface area contributed by atoms with Crippen molar-refractivity contribution in [2.75, 3.05) is 9.80 Å². The lowest BCUT2D eigenvalue weighted by atomic mass is 9.32. The van der Waals surface area contributed by atoms with E-state index < -0.39 is 0 Å². The Balaban J connectivity index is 1.23. The molecule has 3 heterocycles. The number of hydrogen-bond acceptors (Lipinski definition) is 2. The fraction of sp³-hybridized carbons (Fsp3) is 0. The predicted octanol–water partition coefficient (Wildman–Crippen LogP) is 10.8. The highest BCUT2D eigenvalue weighted by Crippen LogP contribution is 2.48. The van der Waals surface area contributed by atoms with Crippen LogP contribution in [0.2, 0.25) is 0 Å². The molecule has 0 bridgehead atoms. The van der Waals surface area contributed by atoms with Gasteiger partial charge in [0, 0.05) is 34.1 Å². The number of rotatable bonds is 4. The third kappa shape index (κ3) is 4.12. The molecule has 0 radical (unpaired) electrons. The van der Waals surface area contributed by atoms with Crippen LogP contribution in [-0.4, -0.2) is 6.71 Å². The molecule has 0 N–H and O–H groups in total. The Morgan fingerprint density at radius 1 is 0.275 bits per heavy atom. The van der Waals surface area contributed by atoms with Crippen molar-refractivity contribution in [3.63, 3.8) is 0 Å². The average Bonchev–Trinajstić information content (AvgIpc) is 3.33. The Bertz CT molecular complexity index is 2480. The topological polar surface area (TPSA) is 6.48 Å². The second-order valence-corrected chi connectivity index (χ2v) is 13.7. The van der Waals surface area contributed by atoms with E-state index in [-0.39, 0.29) is 6.71 Å². The molecule has 0 saturated heterocycles. The van der Waals surface area contributed by atoms with Crippen LogP contribution in [-0.2, 0) is 0 Å². The average molecular weight is 647 g/mol. The van der Waals surface area contributed by atoms with E-state index in [1.165, 1.54) is 83.6 Å². The zero-order chi connectivity index (χ0) is 33.5. The monoisotopic (exact) mass is 646 g/mol. The summed E-state index contributed by atoms with van der Waals surface area (Å²) in [4.78, 5) is 5.03. The Hall–Kier alpha value is -6.58. The summed E-state index contributed by atoms with van der Waals surface area (Å²) in [7, 11) is 0. The van der Waals surface area contributed by atoms with E-state index in [1.807, 2.05) is 0 Å². The van der Waals surface area contributed by atoms with Gasteiger partial charge in [0.1, 0.15) is 0 Å². The van der Waals surface area contributed by atoms with Gasteiger partial charge in [-0.15, -0.1) is 0 Å². The maximum absolute atomic E-state index is 2.51. The molecule has 0 unspecified atom stereocenters. The quantitative estimate of drug-likeness (QED) is 0.176. The molecule has 8 aromatic rings. The lowest BCUT2D eigenvalue weighted by molar-refractivity contribution is 1.25. The second-order valence-electron chi connectivity index (χ2n) is 13.7. The number of anilines is 6. The van der Waals surface area contributed by atoms with Gasteiger partial charge in [-0.3, -0.25) is 0 Å². The smallest absolute Gasteiger partial charge is 0.253 e. The van der Waals surface area contributed by atoms with Crippen LogP contribution in [0, 0.1) is 0 Å². The van der Waals surface area contributed by atoms with Gasteiger partial charge in [0.15, 0.2) is 0 Å². The molecule has 0 amide bonds. The van der Waals surface area contributed by atoms with Crippen molar-refractivity contribution >= 4 is 57.2 Å². The van der Waals surface area contributed by atoms with E-state index >= 15 is 0 Å². The third-order valence-electron chi connectivity index (χ3n) is 11.0. The van der Waals surface area contributed by atoms with Crippen LogP contribution in [0.5, 0.6) is 0 Å². The molecule has 0 fully saturated rings. The summed E-state index contributed by atoms with van der Waals surface area (Å²) in [5.74, 6) is 0. The first-order chi connectivity index (χ1) is 25.3. The first-order valence-electron chi connectivity index (χ1n) is 17.7. The van der Waals surface area contributed by atoms with Gasteiger partial charge < -0.3 is 9.80 Å². The van der Waals surface area contributed by atoms with Gasteiger partial charge in [-0.1, -0.05) is 140 Å². The maximum Gasteiger partial charge on any atom is 0.253 e.